The molecule has 0 aromatic heterocycles. The molecular formula is C15H21FN2O. The van der Waals surface area contributed by atoms with E-state index in [1.807, 2.05) is 6.07 Å². The van der Waals surface area contributed by atoms with Crippen LogP contribution >= 0.6 is 0 Å². The normalized spacial score (nSPS) is 23.2. The third kappa shape index (κ3) is 2.63. The maximum Gasteiger partial charge on any atom is 0.164 e. The first-order chi connectivity index (χ1) is 8.91. The molecule has 0 amide bonds. The second-order valence-corrected chi connectivity index (χ2v) is 5.60. The highest BCUT2D eigenvalue weighted by Crippen LogP contribution is 2.30. The van der Waals surface area contributed by atoms with E-state index in [0.29, 0.717) is 12.0 Å². The molecule has 2 atom stereocenters. The average Bonchev–Trinajstić information content (AvgIpc) is 2.70. The zero-order valence-electron chi connectivity index (χ0n) is 12.0. The number of Topliss-reactive ketones (excluding diaryl/α,β-unsaturated/α-hetero) is 1. The Morgan fingerprint density at radius 3 is 2.58 bits per heavy atom. The van der Waals surface area contributed by atoms with E-state index in [4.69, 9.17) is 0 Å². The summed E-state index contributed by atoms with van der Waals surface area (Å²) in [6.45, 7) is 5.30. The van der Waals surface area contributed by atoms with E-state index in [-0.39, 0.29) is 11.3 Å². The molecule has 2 rings (SSSR count). The molecule has 4 heteroatoms. The molecule has 19 heavy (non-hydrogen) atoms. The van der Waals surface area contributed by atoms with Crippen molar-refractivity contribution in [2.75, 3.05) is 32.1 Å². The predicted octanol–water partition coefficient (Wildman–Crippen LogP) is 2.41. The van der Waals surface area contributed by atoms with Gasteiger partial charge in [-0.15, -0.1) is 0 Å². The van der Waals surface area contributed by atoms with Crippen LogP contribution in [0.2, 0.25) is 0 Å². The van der Waals surface area contributed by atoms with Gasteiger partial charge in [0.1, 0.15) is 5.82 Å². The summed E-state index contributed by atoms with van der Waals surface area (Å²) in [6, 6.07) is 5.29. The zero-order valence-corrected chi connectivity index (χ0v) is 12.0. The topological polar surface area (TPSA) is 23.6 Å². The lowest BCUT2D eigenvalue weighted by Gasteiger charge is -2.24. The van der Waals surface area contributed by atoms with E-state index in [9.17, 15) is 9.18 Å². The van der Waals surface area contributed by atoms with Crippen LogP contribution in [0.25, 0.3) is 0 Å². The lowest BCUT2D eigenvalue weighted by atomic mass is 10.1. The third-order valence-electron chi connectivity index (χ3n) is 3.92. The van der Waals surface area contributed by atoms with E-state index < -0.39 is 5.82 Å². The van der Waals surface area contributed by atoms with Crippen LogP contribution in [0.4, 0.5) is 10.1 Å². The number of carbonyl (C=O) groups is 1. The molecule has 1 saturated heterocycles. The summed E-state index contributed by atoms with van der Waals surface area (Å²) >= 11 is 0. The van der Waals surface area contributed by atoms with Crippen LogP contribution < -0.4 is 4.90 Å². The molecule has 0 radical (unpaired) electrons. The number of ketones is 1. The van der Waals surface area contributed by atoms with E-state index in [1.165, 1.54) is 13.0 Å². The maximum atomic E-state index is 13.8. The Bertz CT molecular complexity index is 487. The molecule has 1 aromatic rings. The molecule has 1 heterocycles. The van der Waals surface area contributed by atoms with Crippen LogP contribution in [0.15, 0.2) is 18.2 Å². The van der Waals surface area contributed by atoms with Gasteiger partial charge in [0.25, 0.3) is 0 Å². The van der Waals surface area contributed by atoms with Crippen molar-refractivity contribution in [2.45, 2.75) is 19.9 Å². The van der Waals surface area contributed by atoms with E-state index in [2.05, 4.69) is 30.8 Å². The van der Waals surface area contributed by atoms with Gasteiger partial charge in [-0.3, -0.25) is 4.79 Å². The quantitative estimate of drug-likeness (QED) is 0.783. The maximum absolute atomic E-state index is 13.8. The van der Waals surface area contributed by atoms with Crippen molar-refractivity contribution in [1.82, 2.24) is 4.90 Å². The number of hydrogen-bond acceptors (Lipinski definition) is 3. The van der Waals surface area contributed by atoms with Gasteiger partial charge in [-0.05, 0) is 39.1 Å². The Hall–Kier alpha value is -1.42. The molecule has 104 valence electrons. The Balaban J connectivity index is 2.34. The number of halogens is 1. The molecule has 3 nitrogen and oxygen atoms in total. The van der Waals surface area contributed by atoms with Crippen LogP contribution in [-0.4, -0.2) is 43.9 Å². The minimum absolute atomic E-state index is 0.214. The predicted molar refractivity (Wildman–Crippen MR) is 75.3 cm³/mol. The van der Waals surface area contributed by atoms with Crippen molar-refractivity contribution in [2.24, 2.45) is 5.92 Å². The lowest BCUT2D eigenvalue weighted by molar-refractivity contribution is 0.101. The molecular weight excluding hydrogens is 243 g/mol. The van der Waals surface area contributed by atoms with Gasteiger partial charge in [0.05, 0.1) is 11.3 Å². The fourth-order valence-corrected chi connectivity index (χ4v) is 2.94. The lowest BCUT2D eigenvalue weighted by Crippen LogP contribution is -2.34. The molecule has 0 aliphatic carbocycles. The van der Waals surface area contributed by atoms with Crippen molar-refractivity contribution in [3.05, 3.63) is 29.6 Å². The van der Waals surface area contributed by atoms with Crippen LogP contribution in [0.1, 0.15) is 24.2 Å². The summed E-state index contributed by atoms with van der Waals surface area (Å²) in [5.41, 5.74) is 0.942. The van der Waals surface area contributed by atoms with Crippen molar-refractivity contribution in [1.29, 1.82) is 0 Å². The Labute approximate surface area is 114 Å². The summed E-state index contributed by atoms with van der Waals surface area (Å²) in [5.74, 6) is -0.141. The van der Waals surface area contributed by atoms with Crippen LogP contribution in [0, 0.1) is 11.7 Å². The highest BCUT2D eigenvalue weighted by molar-refractivity contribution is 6.00. The molecule has 1 aliphatic heterocycles. The van der Waals surface area contributed by atoms with Gasteiger partial charge < -0.3 is 9.80 Å². The van der Waals surface area contributed by atoms with Crippen molar-refractivity contribution in [3.63, 3.8) is 0 Å². The number of carbonyl (C=O) groups excluding carboxylic acids is 1. The van der Waals surface area contributed by atoms with Gasteiger partial charge in [-0.2, -0.15) is 0 Å². The molecule has 1 aliphatic rings. The zero-order chi connectivity index (χ0) is 14.2. The fraction of sp³-hybridized carbons (Fsp3) is 0.533. The monoisotopic (exact) mass is 264 g/mol. The summed E-state index contributed by atoms with van der Waals surface area (Å²) < 4.78 is 13.8. The van der Waals surface area contributed by atoms with Crippen LogP contribution in [0.3, 0.4) is 0 Å². The Morgan fingerprint density at radius 2 is 2.05 bits per heavy atom. The number of benzene rings is 1. The summed E-state index contributed by atoms with van der Waals surface area (Å²) in [5, 5.41) is 0. The van der Waals surface area contributed by atoms with Gasteiger partial charge in [-0.1, -0.05) is 13.0 Å². The molecule has 1 fully saturated rings. The summed E-state index contributed by atoms with van der Waals surface area (Å²) in [4.78, 5) is 16.0. The van der Waals surface area contributed by atoms with Crippen molar-refractivity contribution in [3.8, 4) is 0 Å². The van der Waals surface area contributed by atoms with Crippen molar-refractivity contribution < 1.29 is 9.18 Å². The smallest absolute Gasteiger partial charge is 0.164 e. The molecule has 0 bridgehead atoms. The first kappa shape index (κ1) is 14.0. The van der Waals surface area contributed by atoms with Gasteiger partial charge in [0.15, 0.2) is 5.78 Å². The standard InChI is InChI=1S/C15H21FN2O/c1-10-8-18(9-14(10)17(3)4)13-7-5-6-12(16)15(13)11(2)19/h5-7,10,14H,8-9H2,1-4H3. The Kier molecular flexibility index (Phi) is 3.90. The second-order valence-electron chi connectivity index (χ2n) is 5.60. The molecule has 0 N–H and O–H groups in total. The summed E-state index contributed by atoms with van der Waals surface area (Å²) in [6.07, 6.45) is 0. The number of likely N-dealkylation sites (N-methyl/N-ethyl adjacent to an activating group) is 1. The van der Waals surface area contributed by atoms with Gasteiger partial charge in [0, 0.05) is 19.1 Å². The highest BCUT2D eigenvalue weighted by Gasteiger charge is 2.32. The van der Waals surface area contributed by atoms with Gasteiger partial charge >= 0.3 is 0 Å². The number of anilines is 1. The number of nitrogens with zero attached hydrogens (tertiary/aromatic N) is 2. The van der Waals surface area contributed by atoms with Crippen LogP contribution in [0.5, 0.6) is 0 Å². The Morgan fingerprint density at radius 1 is 1.37 bits per heavy atom. The van der Waals surface area contributed by atoms with Crippen LogP contribution in [-0.2, 0) is 0 Å². The summed E-state index contributed by atoms with van der Waals surface area (Å²) in [7, 11) is 4.12. The minimum atomic E-state index is -0.425. The first-order valence-electron chi connectivity index (χ1n) is 6.62. The molecule has 0 saturated carbocycles. The molecule has 0 spiro atoms. The molecule has 1 aromatic carbocycles. The first-order valence-corrected chi connectivity index (χ1v) is 6.62. The second kappa shape index (κ2) is 5.29. The van der Waals surface area contributed by atoms with E-state index in [0.717, 1.165) is 18.8 Å². The number of hydrogen-bond donors (Lipinski definition) is 0. The fourth-order valence-electron chi connectivity index (χ4n) is 2.94. The largest absolute Gasteiger partial charge is 0.369 e. The molecule has 2 unspecified atom stereocenters. The minimum Gasteiger partial charge on any atom is -0.369 e. The van der Waals surface area contributed by atoms with Gasteiger partial charge in [-0.25, -0.2) is 4.39 Å². The number of rotatable bonds is 3. The SMILES string of the molecule is CC(=O)c1c(F)cccc1N1CC(C)C(N(C)C)C1. The average molecular weight is 264 g/mol. The van der Waals surface area contributed by atoms with Crippen molar-refractivity contribution >= 4 is 11.5 Å². The third-order valence-corrected chi connectivity index (χ3v) is 3.92. The highest BCUT2D eigenvalue weighted by atomic mass is 19.1. The van der Waals surface area contributed by atoms with Gasteiger partial charge in [0.2, 0.25) is 0 Å². The van der Waals surface area contributed by atoms with E-state index >= 15 is 0 Å². The van der Waals surface area contributed by atoms with E-state index in [1.54, 1.807) is 6.07 Å².